The Morgan fingerprint density at radius 3 is 2.43 bits per heavy atom. The highest BCUT2D eigenvalue weighted by Gasteiger charge is 2.24. The van der Waals surface area contributed by atoms with E-state index in [1.807, 2.05) is 65.6 Å². The van der Waals surface area contributed by atoms with Crippen molar-refractivity contribution in [2.45, 2.75) is 13.3 Å². The molecule has 37 heavy (non-hydrogen) atoms. The number of furan rings is 1. The fourth-order valence-electron chi connectivity index (χ4n) is 4.37. The highest BCUT2D eigenvalue weighted by molar-refractivity contribution is 6.33. The number of benzene rings is 3. The first-order chi connectivity index (χ1) is 18.0. The summed E-state index contributed by atoms with van der Waals surface area (Å²) < 4.78 is 11.2. The Hall–Kier alpha value is -3.97. The first-order valence-electron chi connectivity index (χ1n) is 12.4. The molecule has 1 saturated heterocycles. The summed E-state index contributed by atoms with van der Waals surface area (Å²) >= 11 is 6.59. The third-order valence-corrected chi connectivity index (χ3v) is 6.64. The highest BCUT2D eigenvalue weighted by Crippen LogP contribution is 2.30. The molecule has 0 radical (unpaired) electrons. The normalized spacial score (nSPS) is 13.6. The van der Waals surface area contributed by atoms with Crippen molar-refractivity contribution >= 4 is 45.8 Å². The van der Waals surface area contributed by atoms with Crippen LogP contribution in [0, 0.1) is 0 Å². The summed E-state index contributed by atoms with van der Waals surface area (Å²) in [7, 11) is 0. The number of carbonyl (C=O) groups is 2. The number of amides is 2. The Balaban J connectivity index is 1.18. The van der Waals surface area contributed by atoms with E-state index in [4.69, 9.17) is 20.8 Å². The second-order valence-corrected chi connectivity index (χ2v) is 9.33. The molecule has 1 aliphatic rings. The van der Waals surface area contributed by atoms with Gasteiger partial charge in [0.1, 0.15) is 11.3 Å². The first-order valence-corrected chi connectivity index (χ1v) is 12.8. The van der Waals surface area contributed by atoms with Crippen molar-refractivity contribution in [2.24, 2.45) is 0 Å². The number of piperazine rings is 1. The minimum atomic E-state index is -0.336. The number of carbonyl (C=O) groups excluding carboxylic acids is 2. The van der Waals surface area contributed by atoms with Crippen LogP contribution < -0.4 is 15.0 Å². The molecule has 0 atom stereocenters. The van der Waals surface area contributed by atoms with Crippen molar-refractivity contribution in [2.75, 3.05) is 43.0 Å². The van der Waals surface area contributed by atoms with Gasteiger partial charge in [-0.1, -0.05) is 36.7 Å². The Bertz CT molecular complexity index is 1380. The van der Waals surface area contributed by atoms with Crippen LogP contribution in [0.3, 0.4) is 0 Å². The summed E-state index contributed by atoms with van der Waals surface area (Å²) in [5, 5.41) is 4.25. The van der Waals surface area contributed by atoms with Gasteiger partial charge < -0.3 is 24.3 Å². The molecule has 2 heterocycles. The second-order valence-electron chi connectivity index (χ2n) is 8.92. The molecule has 8 heteroatoms. The molecule has 0 unspecified atom stereocenters. The molecule has 1 aliphatic heterocycles. The molecule has 1 fully saturated rings. The van der Waals surface area contributed by atoms with Gasteiger partial charge >= 0.3 is 0 Å². The zero-order valence-corrected chi connectivity index (χ0v) is 21.3. The molecule has 0 bridgehead atoms. The monoisotopic (exact) mass is 517 g/mol. The maximum absolute atomic E-state index is 12.9. The number of hydrogen-bond donors (Lipinski definition) is 1. The Labute approximate surface area is 220 Å². The molecular formula is C29H28ClN3O4. The molecule has 0 spiro atoms. The van der Waals surface area contributed by atoms with Crippen LogP contribution >= 0.6 is 11.6 Å². The molecule has 1 N–H and O–H groups in total. The molecule has 7 nitrogen and oxygen atoms in total. The van der Waals surface area contributed by atoms with E-state index < -0.39 is 0 Å². The van der Waals surface area contributed by atoms with Crippen molar-refractivity contribution in [1.82, 2.24) is 4.90 Å². The van der Waals surface area contributed by atoms with Crippen LogP contribution in [0.25, 0.3) is 11.0 Å². The van der Waals surface area contributed by atoms with Gasteiger partial charge in [0.15, 0.2) is 5.76 Å². The van der Waals surface area contributed by atoms with Gasteiger partial charge in [-0.3, -0.25) is 9.59 Å². The Morgan fingerprint density at radius 1 is 0.973 bits per heavy atom. The van der Waals surface area contributed by atoms with E-state index in [1.54, 1.807) is 12.1 Å². The maximum Gasteiger partial charge on any atom is 0.291 e. The summed E-state index contributed by atoms with van der Waals surface area (Å²) in [6, 6.07) is 22.0. The fourth-order valence-corrected chi connectivity index (χ4v) is 4.67. The molecule has 1 aromatic heterocycles. The van der Waals surface area contributed by atoms with Gasteiger partial charge in [0, 0.05) is 42.8 Å². The average molecular weight is 518 g/mol. The number of anilines is 2. The van der Waals surface area contributed by atoms with E-state index in [2.05, 4.69) is 17.1 Å². The Kier molecular flexibility index (Phi) is 7.32. The largest absolute Gasteiger partial charge is 0.494 e. The van der Waals surface area contributed by atoms with Crippen molar-refractivity contribution in [3.05, 3.63) is 89.1 Å². The maximum atomic E-state index is 12.9. The summed E-state index contributed by atoms with van der Waals surface area (Å²) in [5.41, 5.74) is 2.77. The van der Waals surface area contributed by atoms with Crippen molar-refractivity contribution in [3.63, 3.8) is 0 Å². The number of fused-ring (bicyclic) bond motifs is 1. The third kappa shape index (κ3) is 5.57. The van der Waals surface area contributed by atoms with Crippen LogP contribution in [0.15, 0.2) is 77.2 Å². The lowest BCUT2D eigenvalue weighted by atomic mass is 10.1. The molecule has 3 aromatic carbocycles. The topological polar surface area (TPSA) is 75.0 Å². The van der Waals surface area contributed by atoms with E-state index >= 15 is 0 Å². The number of nitrogens with zero attached hydrogens (tertiary/aromatic N) is 2. The lowest BCUT2D eigenvalue weighted by molar-refractivity contribution is 0.0746. The number of nitrogens with one attached hydrogen (secondary N) is 1. The first kappa shape index (κ1) is 24.7. The van der Waals surface area contributed by atoms with Gasteiger partial charge in [-0.15, -0.1) is 0 Å². The average Bonchev–Trinajstić information content (AvgIpc) is 3.37. The van der Waals surface area contributed by atoms with E-state index in [9.17, 15) is 9.59 Å². The molecule has 4 aromatic rings. The fraction of sp³-hybridized carbons (Fsp3) is 0.241. The van der Waals surface area contributed by atoms with Crippen LogP contribution in [0.2, 0.25) is 5.02 Å². The molecule has 5 rings (SSSR count). The minimum Gasteiger partial charge on any atom is -0.494 e. The predicted molar refractivity (Wildman–Crippen MR) is 146 cm³/mol. The summed E-state index contributed by atoms with van der Waals surface area (Å²) in [5.74, 6) is 0.689. The summed E-state index contributed by atoms with van der Waals surface area (Å²) in [6.45, 7) is 5.22. The van der Waals surface area contributed by atoms with Crippen LogP contribution in [-0.4, -0.2) is 49.5 Å². The van der Waals surface area contributed by atoms with E-state index in [0.29, 0.717) is 54.6 Å². The molecular weight excluding hydrogens is 490 g/mol. The van der Waals surface area contributed by atoms with Crippen LogP contribution in [-0.2, 0) is 0 Å². The quantitative estimate of drug-likeness (QED) is 0.321. The number of halogens is 1. The van der Waals surface area contributed by atoms with Gasteiger partial charge in [0.2, 0.25) is 0 Å². The number of hydrogen-bond acceptors (Lipinski definition) is 5. The standard InChI is InChI=1S/C29H28ClN3O4/c1-2-17-36-23-10-7-20(8-11-23)29(35)33-15-13-32(14-16-33)25-12-9-22(19-24(25)30)31-28(34)27-18-21-5-3-4-6-26(21)37-27/h3-12,18-19H,2,13-17H2,1H3,(H,31,34). The zero-order valence-electron chi connectivity index (χ0n) is 20.6. The SMILES string of the molecule is CCCOc1ccc(C(=O)N2CCN(c3ccc(NC(=O)c4cc5ccccc5o4)cc3Cl)CC2)cc1. The minimum absolute atomic E-state index is 0.0106. The molecule has 2 amide bonds. The smallest absolute Gasteiger partial charge is 0.291 e. The van der Waals surface area contributed by atoms with Gasteiger partial charge in [-0.05, 0) is 61.0 Å². The highest BCUT2D eigenvalue weighted by atomic mass is 35.5. The Morgan fingerprint density at radius 2 is 1.73 bits per heavy atom. The predicted octanol–water partition coefficient (Wildman–Crippen LogP) is 6.09. The van der Waals surface area contributed by atoms with Crippen molar-refractivity contribution in [1.29, 1.82) is 0 Å². The van der Waals surface area contributed by atoms with E-state index in [1.165, 1.54) is 0 Å². The summed E-state index contributed by atoms with van der Waals surface area (Å²) in [6.07, 6.45) is 0.939. The van der Waals surface area contributed by atoms with Crippen LogP contribution in [0.5, 0.6) is 5.75 Å². The summed E-state index contributed by atoms with van der Waals surface area (Å²) in [4.78, 5) is 29.6. The lowest BCUT2D eigenvalue weighted by Gasteiger charge is -2.36. The van der Waals surface area contributed by atoms with Gasteiger partial charge in [-0.25, -0.2) is 0 Å². The van der Waals surface area contributed by atoms with E-state index in [0.717, 1.165) is 23.2 Å². The van der Waals surface area contributed by atoms with Crippen molar-refractivity contribution < 1.29 is 18.7 Å². The van der Waals surface area contributed by atoms with Crippen LogP contribution in [0.1, 0.15) is 34.3 Å². The lowest BCUT2D eigenvalue weighted by Crippen LogP contribution is -2.48. The zero-order chi connectivity index (χ0) is 25.8. The van der Waals surface area contributed by atoms with Gasteiger partial charge in [0.05, 0.1) is 17.3 Å². The number of para-hydroxylation sites is 1. The molecule has 0 aliphatic carbocycles. The van der Waals surface area contributed by atoms with Crippen molar-refractivity contribution in [3.8, 4) is 5.75 Å². The van der Waals surface area contributed by atoms with E-state index in [-0.39, 0.29) is 17.6 Å². The van der Waals surface area contributed by atoms with Crippen LogP contribution in [0.4, 0.5) is 11.4 Å². The van der Waals surface area contributed by atoms with Gasteiger partial charge in [-0.2, -0.15) is 0 Å². The van der Waals surface area contributed by atoms with Gasteiger partial charge in [0.25, 0.3) is 11.8 Å². The molecule has 190 valence electrons. The second kappa shape index (κ2) is 11.0. The number of ether oxygens (including phenoxy) is 1. The third-order valence-electron chi connectivity index (χ3n) is 6.34. The number of rotatable bonds is 7. The molecule has 0 saturated carbocycles.